The minimum absolute atomic E-state index is 0.296. The van der Waals surface area contributed by atoms with Crippen LogP contribution in [0.3, 0.4) is 0 Å². The fourth-order valence-electron chi connectivity index (χ4n) is 4.62. The number of sulfonamides is 1. The van der Waals surface area contributed by atoms with Gasteiger partial charge in [-0.05, 0) is 68.5 Å². The van der Waals surface area contributed by atoms with E-state index in [-0.39, 0.29) is 0 Å². The minimum Gasteiger partial charge on any atom is -0.327 e. The van der Waals surface area contributed by atoms with Crippen molar-refractivity contribution in [2.45, 2.75) is 50.6 Å². The van der Waals surface area contributed by atoms with Crippen LogP contribution in [0, 0.1) is 5.92 Å². The monoisotopic (exact) mass is 454 g/mol. The molecule has 0 spiro atoms. The second-order valence-corrected chi connectivity index (χ2v) is 11.2. The molecule has 0 radical (unpaired) electrons. The number of likely N-dealkylation sites (tertiary alicyclic amines) is 1. The van der Waals surface area contributed by atoms with E-state index in [1.807, 2.05) is 6.07 Å². The van der Waals surface area contributed by atoms with E-state index >= 15 is 0 Å². The smallest absolute Gasteiger partial charge is 0.242 e. The van der Waals surface area contributed by atoms with Crippen LogP contribution in [0.2, 0.25) is 0 Å². The molecule has 4 rings (SSSR count). The molecule has 6 nitrogen and oxygen atoms in total. The summed E-state index contributed by atoms with van der Waals surface area (Å²) in [4.78, 5) is 7.67. The van der Waals surface area contributed by atoms with Crippen LogP contribution in [0.25, 0.3) is 11.0 Å². The third-order valence-electron chi connectivity index (χ3n) is 6.46. The third-order valence-corrected chi connectivity index (χ3v) is 8.28. The lowest BCUT2D eigenvalue weighted by molar-refractivity contribution is 0.172. The van der Waals surface area contributed by atoms with Gasteiger partial charge < -0.3 is 4.57 Å². The van der Waals surface area contributed by atoms with Crippen molar-refractivity contribution in [2.24, 2.45) is 5.92 Å². The predicted octanol–water partition coefficient (Wildman–Crippen LogP) is 4.15. The first-order valence-electron chi connectivity index (χ1n) is 11.6. The van der Waals surface area contributed by atoms with E-state index in [1.165, 1.54) is 22.7 Å². The average molecular weight is 455 g/mol. The molecule has 1 aromatic heterocycles. The maximum Gasteiger partial charge on any atom is 0.242 e. The molecular formula is C25H34N4O2S. The summed E-state index contributed by atoms with van der Waals surface area (Å²) in [7, 11) is -0.355. The van der Waals surface area contributed by atoms with Gasteiger partial charge in [0, 0.05) is 20.6 Å². The lowest BCUT2D eigenvalue weighted by Crippen LogP contribution is -2.34. The van der Waals surface area contributed by atoms with E-state index in [0.717, 1.165) is 61.8 Å². The molecule has 1 fully saturated rings. The zero-order valence-corrected chi connectivity index (χ0v) is 20.2. The number of benzene rings is 2. The third kappa shape index (κ3) is 4.90. The predicted molar refractivity (Wildman–Crippen MR) is 129 cm³/mol. The zero-order chi connectivity index (χ0) is 22.7. The molecule has 0 aliphatic carbocycles. The first kappa shape index (κ1) is 23.0. The number of piperidine rings is 1. The van der Waals surface area contributed by atoms with E-state index in [0.29, 0.717) is 4.90 Å². The number of aromatic nitrogens is 2. The molecule has 0 bridgehead atoms. The Morgan fingerprint density at radius 2 is 1.78 bits per heavy atom. The molecule has 2 heterocycles. The number of fused-ring (bicyclic) bond motifs is 1. The second kappa shape index (κ2) is 9.73. The number of hydrogen-bond donors (Lipinski definition) is 0. The molecule has 32 heavy (non-hydrogen) atoms. The SMILES string of the molecule is CCCn1c(CN2CCC(Cc3ccccc3)CC2)nc2cc(S(=O)(=O)N(C)C)ccc21. The van der Waals surface area contributed by atoms with Gasteiger partial charge in [0.15, 0.2) is 0 Å². The normalized spacial score (nSPS) is 16.2. The Balaban J connectivity index is 1.49. The molecular weight excluding hydrogens is 420 g/mol. The lowest BCUT2D eigenvalue weighted by atomic mass is 9.90. The van der Waals surface area contributed by atoms with Crippen molar-refractivity contribution in [3.8, 4) is 0 Å². The summed E-state index contributed by atoms with van der Waals surface area (Å²) in [6, 6.07) is 16.1. The van der Waals surface area contributed by atoms with Gasteiger partial charge in [0.1, 0.15) is 5.82 Å². The summed E-state index contributed by atoms with van der Waals surface area (Å²) in [5, 5.41) is 0. The van der Waals surface area contributed by atoms with Crippen molar-refractivity contribution >= 4 is 21.1 Å². The summed E-state index contributed by atoms with van der Waals surface area (Å²) in [6.45, 7) is 6.01. The van der Waals surface area contributed by atoms with Crippen molar-refractivity contribution in [3.05, 3.63) is 59.9 Å². The quantitative estimate of drug-likeness (QED) is 0.513. The van der Waals surface area contributed by atoms with Crippen LogP contribution >= 0.6 is 0 Å². The van der Waals surface area contributed by atoms with Crippen LogP contribution in [0.4, 0.5) is 0 Å². The molecule has 3 aromatic rings. The van der Waals surface area contributed by atoms with Gasteiger partial charge in [-0.1, -0.05) is 37.3 Å². The fraction of sp³-hybridized carbons (Fsp3) is 0.480. The largest absolute Gasteiger partial charge is 0.327 e. The van der Waals surface area contributed by atoms with Crippen molar-refractivity contribution in [2.75, 3.05) is 27.2 Å². The Morgan fingerprint density at radius 1 is 1.06 bits per heavy atom. The molecule has 7 heteroatoms. The van der Waals surface area contributed by atoms with Gasteiger partial charge >= 0.3 is 0 Å². The average Bonchev–Trinajstić information content (AvgIpc) is 3.12. The Morgan fingerprint density at radius 3 is 2.44 bits per heavy atom. The minimum atomic E-state index is -3.47. The van der Waals surface area contributed by atoms with E-state index in [2.05, 4.69) is 46.7 Å². The van der Waals surface area contributed by atoms with Crippen LogP contribution in [0.5, 0.6) is 0 Å². The van der Waals surface area contributed by atoms with Gasteiger partial charge in [-0.15, -0.1) is 0 Å². The summed E-state index contributed by atoms with van der Waals surface area (Å²) in [6.07, 6.45) is 4.57. The van der Waals surface area contributed by atoms with Gasteiger partial charge in [-0.3, -0.25) is 4.90 Å². The highest BCUT2D eigenvalue weighted by Gasteiger charge is 2.23. The second-order valence-electron chi connectivity index (χ2n) is 9.03. The molecule has 1 saturated heterocycles. The summed E-state index contributed by atoms with van der Waals surface area (Å²) in [5.41, 5.74) is 3.20. The number of hydrogen-bond acceptors (Lipinski definition) is 4. The standard InChI is InChI=1S/C25H34N4O2S/c1-4-14-29-24-11-10-22(32(30,31)27(2)3)18-23(24)26-25(29)19-28-15-12-21(13-16-28)17-20-8-6-5-7-9-20/h5-11,18,21H,4,12-17,19H2,1-3H3. The zero-order valence-electron chi connectivity index (χ0n) is 19.4. The van der Waals surface area contributed by atoms with Crippen molar-refractivity contribution in [3.63, 3.8) is 0 Å². The number of rotatable bonds is 8. The van der Waals surface area contributed by atoms with Crippen LogP contribution in [0.15, 0.2) is 53.4 Å². The first-order chi connectivity index (χ1) is 15.4. The molecule has 2 aromatic carbocycles. The molecule has 172 valence electrons. The van der Waals surface area contributed by atoms with E-state index < -0.39 is 10.0 Å². The van der Waals surface area contributed by atoms with Gasteiger partial charge in [0.05, 0.1) is 22.5 Å². The Kier molecular flexibility index (Phi) is 6.98. The Bertz CT molecular complexity index is 1150. The molecule has 1 aliphatic rings. The summed E-state index contributed by atoms with van der Waals surface area (Å²) in [5.74, 6) is 1.77. The van der Waals surface area contributed by atoms with E-state index in [1.54, 1.807) is 26.2 Å². The van der Waals surface area contributed by atoms with Crippen molar-refractivity contribution in [1.82, 2.24) is 18.8 Å². The van der Waals surface area contributed by atoms with Gasteiger partial charge in [-0.25, -0.2) is 17.7 Å². The number of aryl methyl sites for hydroxylation is 1. The maximum absolute atomic E-state index is 12.6. The van der Waals surface area contributed by atoms with E-state index in [4.69, 9.17) is 4.98 Å². The molecule has 1 aliphatic heterocycles. The molecule has 0 saturated carbocycles. The van der Waals surface area contributed by atoms with Gasteiger partial charge in [0.25, 0.3) is 0 Å². The van der Waals surface area contributed by atoms with Crippen LogP contribution in [0.1, 0.15) is 37.6 Å². The highest BCUT2D eigenvalue weighted by Crippen LogP contribution is 2.26. The first-order valence-corrected chi connectivity index (χ1v) is 13.0. The van der Waals surface area contributed by atoms with E-state index in [9.17, 15) is 8.42 Å². The van der Waals surface area contributed by atoms with Crippen LogP contribution in [-0.2, 0) is 29.5 Å². The van der Waals surface area contributed by atoms with Crippen LogP contribution < -0.4 is 0 Å². The highest BCUT2D eigenvalue weighted by atomic mass is 32.2. The molecule has 0 amide bonds. The number of imidazole rings is 1. The highest BCUT2D eigenvalue weighted by molar-refractivity contribution is 7.89. The molecule has 0 N–H and O–H groups in total. The maximum atomic E-state index is 12.6. The Hall–Kier alpha value is -2.22. The summed E-state index contributed by atoms with van der Waals surface area (Å²) >= 11 is 0. The van der Waals surface area contributed by atoms with Crippen molar-refractivity contribution in [1.29, 1.82) is 0 Å². The fourth-order valence-corrected chi connectivity index (χ4v) is 5.54. The molecule has 0 atom stereocenters. The van der Waals surface area contributed by atoms with Crippen LogP contribution in [-0.4, -0.2) is 54.4 Å². The van der Waals surface area contributed by atoms with Crippen molar-refractivity contribution < 1.29 is 8.42 Å². The molecule has 0 unspecified atom stereocenters. The number of nitrogens with zero attached hydrogens (tertiary/aromatic N) is 4. The van der Waals surface area contributed by atoms with Gasteiger partial charge in [-0.2, -0.15) is 0 Å². The summed E-state index contributed by atoms with van der Waals surface area (Å²) < 4.78 is 28.6. The van der Waals surface area contributed by atoms with Gasteiger partial charge in [0.2, 0.25) is 10.0 Å². The lowest BCUT2D eigenvalue weighted by Gasteiger charge is -2.31. The topological polar surface area (TPSA) is 58.4 Å². The Labute approximate surface area is 191 Å².